The molecule has 6 heteroatoms. The van der Waals surface area contributed by atoms with Crippen LogP contribution in [0.3, 0.4) is 0 Å². The number of hydrogen-bond acceptors (Lipinski definition) is 6. The predicted molar refractivity (Wildman–Crippen MR) is 121 cm³/mol. The second kappa shape index (κ2) is 9.83. The van der Waals surface area contributed by atoms with Crippen LogP contribution in [0.15, 0.2) is 88.1 Å². The van der Waals surface area contributed by atoms with E-state index in [1.165, 1.54) is 0 Å². The van der Waals surface area contributed by atoms with Crippen molar-refractivity contribution in [2.45, 2.75) is 6.92 Å². The molecule has 0 fully saturated rings. The van der Waals surface area contributed by atoms with Crippen LogP contribution in [-0.4, -0.2) is 25.8 Å². The van der Waals surface area contributed by atoms with E-state index in [4.69, 9.17) is 18.6 Å². The van der Waals surface area contributed by atoms with E-state index < -0.39 is 12.6 Å². The van der Waals surface area contributed by atoms with Gasteiger partial charge in [-0.1, -0.05) is 54.6 Å². The molecule has 4 aromatic rings. The fourth-order valence-electron chi connectivity index (χ4n) is 3.20. The largest absolute Gasteiger partial charge is 0.490 e. The quantitative estimate of drug-likeness (QED) is 0.296. The fraction of sp³-hybridized carbons (Fsp3) is 0.154. The van der Waals surface area contributed by atoms with Crippen LogP contribution in [0.1, 0.15) is 5.56 Å². The second-order valence-corrected chi connectivity index (χ2v) is 7.13. The molecule has 0 atom stereocenters. The number of fused-ring (bicyclic) bond motifs is 1. The second-order valence-electron chi connectivity index (χ2n) is 7.13. The molecule has 32 heavy (non-hydrogen) atoms. The highest BCUT2D eigenvalue weighted by Gasteiger charge is 2.19. The summed E-state index contributed by atoms with van der Waals surface area (Å²) in [7, 11) is 0. The minimum atomic E-state index is -0.607. The lowest BCUT2D eigenvalue weighted by Crippen LogP contribution is -2.21. The fourth-order valence-corrected chi connectivity index (χ4v) is 3.20. The van der Waals surface area contributed by atoms with Crippen molar-refractivity contribution >= 4 is 16.9 Å². The van der Waals surface area contributed by atoms with Gasteiger partial charge in [-0.25, -0.2) is 4.79 Å². The van der Waals surface area contributed by atoms with E-state index >= 15 is 0 Å². The lowest BCUT2D eigenvalue weighted by atomic mass is 10.1. The van der Waals surface area contributed by atoms with Gasteiger partial charge < -0.3 is 18.6 Å². The van der Waals surface area contributed by atoms with E-state index in [0.29, 0.717) is 22.3 Å². The summed E-state index contributed by atoms with van der Waals surface area (Å²) >= 11 is 0. The third kappa shape index (κ3) is 4.98. The highest BCUT2D eigenvalue weighted by Crippen LogP contribution is 2.31. The number of hydrogen-bond donors (Lipinski definition) is 0. The van der Waals surface area contributed by atoms with Gasteiger partial charge in [0.1, 0.15) is 24.5 Å². The number of para-hydroxylation sites is 1. The average Bonchev–Trinajstić information content (AvgIpc) is 2.82. The summed E-state index contributed by atoms with van der Waals surface area (Å²) in [6.45, 7) is 1.77. The Morgan fingerprint density at radius 2 is 1.59 bits per heavy atom. The monoisotopic (exact) mass is 430 g/mol. The van der Waals surface area contributed by atoms with E-state index in [1.807, 2.05) is 73.7 Å². The number of rotatable bonds is 8. The van der Waals surface area contributed by atoms with Crippen molar-refractivity contribution < 1.29 is 23.4 Å². The first-order chi connectivity index (χ1) is 15.6. The maximum Gasteiger partial charge on any atom is 0.344 e. The van der Waals surface area contributed by atoms with Crippen LogP contribution in [0.25, 0.3) is 22.3 Å². The van der Waals surface area contributed by atoms with Crippen LogP contribution in [0.5, 0.6) is 11.5 Å². The highest BCUT2D eigenvalue weighted by molar-refractivity contribution is 5.82. The first-order valence-corrected chi connectivity index (χ1v) is 10.2. The van der Waals surface area contributed by atoms with Crippen LogP contribution in [0.4, 0.5) is 0 Å². The molecule has 1 aromatic heterocycles. The highest BCUT2D eigenvalue weighted by atomic mass is 16.6. The summed E-state index contributed by atoms with van der Waals surface area (Å²) in [6, 6.07) is 23.7. The van der Waals surface area contributed by atoms with E-state index in [2.05, 4.69) is 0 Å². The zero-order valence-electron chi connectivity index (χ0n) is 17.6. The molecule has 0 aliphatic rings. The molecule has 0 saturated carbocycles. The molecule has 0 N–H and O–H groups in total. The van der Waals surface area contributed by atoms with E-state index in [9.17, 15) is 9.59 Å². The first-order valence-electron chi connectivity index (χ1n) is 10.2. The zero-order chi connectivity index (χ0) is 22.3. The lowest BCUT2D eigenvalue weighted by Gasteiger charge is -2.12. The molecule has 162 valence electrons. The number of benzene rings is 3. The lowest BCUT2D eigenvalue weighted by molar-refractivity contribution is -0.146. The van der Waals surface area contributed by atoms with Crippen molar-refractivity contribution in [3.63, 3.8) is 0 Å². The average molecular weight is 430 g/mol. The van der Waals surface area contributed by atoms with E-state index in [1.54, 1.807) is 12.1 Å². The Morgan fingerprint density at radius 3 is 2.34 bits per heavy atom. The third-order valence-electron chi connectivity index (χ3n) is 4.73. The maximum absolute atomic E-state index is 13.1. The van der Waals surface area contributed by atoms with Crippen molar-refractivity contribution in [1.82, 2.24) is 0 Å². The number of carbonyl (C=O) groups is 1. The summed E-state index contributed by atoms with van der Waals surface area (Å²) in [6.07, 6.45) is 0. The number of carbonyl (C=O) groups excluding carboxylic acids is 1. The molecule has 0 radical (unpaired) electrons. The van der Waals surface area contributed by atoms with Crippen molar-refractivity contribution in [2.24, 2.45) is 0 Å². The smallest absolute Gasteiger partial charge is 0.344 e. The molecule has 6 nitrogen and oxygen atoms in total. The Balaban J connectivity index is 1.48. The molecule has 0 spiro atoms. The van der Waals surface area contributed by atoms with Gasteiger partial charge in [-0.2, -0.15) is 0 Å². The molecular formula is C26H22O6. The van der Waals surface area contributed by atoms with Gasteiger partial charge in [-0.15, -0.1) is 0 Å². The van der Waals surface area contributed by atoms with E-state index in [-0.39, 0.29) is 30.2 Å². The molecule has 4 rings (SSSR count). The van der Waals surface area contributed by atoms with Gasteiger partial charge in [0.15, 0.2) is 12.4 Å². The van der Waals surface area contributed by atoms with Gasteiger partial charge in [-0.05, 0) is 36.8 Å². The summed E-state index contributed by atoms with van der Waals surface area (Å²) in [5.41, 5.74) is 1.76. The van der Waals surface area contributed by atoms with Crippen molar-refractivity contribution in [3.8, 4) is 22.8 Å². The summed E-state index contributed by atoms with van der Waals surface area (Å²) in [5, 5.41) is 0.384. The van der Waals surface area contributed by atoms with Gasteiger partial charge in [0.2, 0.25) is 11.2 Å². The Labute approximate surface area is 185 Å². The Kier molecular flexibility index (Phi) is 6.51. The molecule has 0 aliphatic carbocycles. The first kappa shape index (κ1) is 21.2. The molecule has 0 bridgehead atoms. The molecule has 3 aromatic carbocycles. The number of aryl methyl sites for hydroxylation is 1. The maximum atomic E-state index is 13.1. The van der Waals surface area contributed by atoms with Crippen LogP contribution in [-0.2, 0) is 9.53 Å². The number of esters is 1. The minimum absolute atomic E-state index is 0.0231. The predicted octanol–water partition coefficient (Wildman–Crippen LogP) is 4.77. The van der Waals surface area contributed by atoms with Crippen molar-refractivity contribution in [3.05, 3.63) is 94.6 Å². The van der Waals surface area contributed by atoms with Crippen molar-refractivity contribution in [2.75, 3.05) is 19.8 Å². The SMILES string of the molecule is Cc1ccc2c(=O)c(OCC(=O)OCCOc3ccccc3)c(-c3ccccc3)oc2c1. The Hall–Kier alpha value is -4.06. The minimum Gasteiger partial charge on any atom is -0.490 e. The third-order valence-corrected chi connectivity index (χ3v) is 4.73. The van der Waals surface area contributed by atoms with E-state index in [0.717, 1.165) is 5.56 Å². The summed E-state index contributed by atoms with van der Waals surface area (Å²) in [5.74, 6) is 0.333. The topological polar surface area (TPSA) is 75.0 Å². The van der Waals surface area contributed by atoms with Gasteiger partial charge in [-0.3, -0.25) is 4.79 Å². The standard InChI is InChI=1S/C26H22O6/c1-18-12-13-21-22(16-18)32-25(19-8-4-2-5-9-19)26(24(21)28)31-17-23(27)30-15-14-29-20-10-6-3-7-11-20/h2-13,16H,14-15,17H2,1H3. The van der Waals surface area contributed by atoms with Gasteiger partial charge >= 0.3 is 5.97 Å². The van der Waals surface area contributed by atoms with Crippen molar-refractivity contribution in [1.29, 1.82) is 0 Å². The van der Waals surface area contributed by atoms with Crippen LogP contribution < -0.4 is 14.9 Å². The van der Waals surface area contributed by atoms with Gasteiger partial charge in [0, 0.05) is 5.56 Å². The van der Waals surface area contributed by atoms with Crippen LogP contribution in [0, 0.1) is 6.92 Å². The molecule has 0 amide bonds. The molecule has 0 aliphatic heterocycles. The van der Waals surface area contributed by atoms with Crippen LogP contribution >= 0.6 is 0 Å². The molecule has 1 heterocycles. The molecule has 0 unspecified atom stereocenters. The van der Waals surface area contributed by atoms with Gasteiger partial charge in [0.05, 0.1) is 5.39 Å². The summed E-state index contributed by atoms with van der Waals surface area (Å²) in [4.78, 5) is 25.3. The zero-order valence-corrected chi connectivity index (χ0v) is 17.6. The molecule has 0 saturated heterocycles. The normalized spacial score (nSPS) is 10.7. The Bertz CT molecular complexity index is 1260. The van der Waals surface area contributed by atoms with Crippen LogP contribution in [0.2, 0.25) is 0 Å². The summed E-state index contributed by atoms with van der Waals surface area (Å²) < 4.78 is 22.3. The van der Waals surface area contributed by atoms with Gasteiger partial charge in [0.25, 0.3) is 0 Å². The molecular weight excluding hydrogens is 408 g/mol. The number of ether oxygens (including phenoxy) is 3. The Morgan fingerprint density at radius 1 is 0.875 bits per heavy atom.